The number of piperidine rings is 1. The Balaban J connectivity index is 1.88. The smallest absolute Gasteiger partial charge is 0.236 e. The summed E-state index contributed by atoms with van der Waals surface area (Å²) in [6, 6.07) is 8.19. The van der Waals surface area contributed by atoms with E-state index in [2.05, 4.69) is 19.1 Å². The van der Waals surface area contributed by atoms with E-state index in [1.165, 1.54) is 11.1 Å². The van der Waals surface area contributed by atoms with Crippen molar-refractivity contribution in [3.8, 4) is 0 Å². The molecular formula is C17H25N3O2. The minimum Gasteiger partial charge on any atom is -0.369 e. The summed E-state index contributed by atoms with van der Waals surface area (Å²) in [7, 11) is 1.94. The first-order valence-electron chi connectivity index (χ1n) is 7.77. The van der Waals surface area contributed by atoms with Crippen molar-refractivity contribution < 1.29 is 9.59 Å². The van der Waals surface area contributed by atoms with Crippen LogP contribution in [0.2, 0.25) is 0 Å². The third kappa shape index (κ3) is 4.31. The molecule has 1 unspecified atom stereocenters. The Labute approximate surface area is 132 Å². The Hall–Kier alpha value is -1.88. The lowest BCUT2D eigenvalue weighted by molar-refractivity contribution is -0.135. The summed E-state index contributed by atoms with van der Waals surface area (Å²) in [5, 5.41) is 0. The van der Waals surface area contributed by atoms with Gasteiger partial charge >= 0.3 is 0 Å². The van der Waals surface area contributed by atoms with E-state index in [0.29, 0.717) is 13.1 Å². The molecule has 1 aliphatic heterocycles. The van der Waals surface area contributed by atoms with Gasteiger partial charge in [0.1, 0.15) is 0 Å². The number of likely N-dealkylation sites (N-methyl/N-ethyl adjacent to an activating group) is 1. The molecule has 1 aromatic carbocycles. The highest BCUT2D eigenvalue weighted by Crippen LogP contribution is 2.16. The molecule has 2 amide bonds. The van der Waals surface area contributed by atoms with Crippen molar-refractivity contribution in [3.05, 3.63) is 35.4 Å². The predicted octanol–water partition coefficient (Wildman–Crippen LogP) is 1.15. The van der Waals surface area contributed by atoms with Gasteiger partial charge in [-0.3, -0.25) is 14.5 Å². The third-order valence-electron chi connectivity index (χ3n) is 4.28. The maximum absolute atomic E-state index is 12.4. The van der Waals surface area contributed by atoms with E-state index in [9.17, 15) is 9.59 Å². The molecular weight excluding hydrogens is 278 g/mol. The predicted molar refractivity (Wildman–Crippen MR) is 86.0 cm³/mol. The standard InChI is InChI=1S/C17H25N3O2/c1-13-6-3-4-7-14(13)10-19(2)12-16(21)20-9-5-8-15(11-20)17(18)22/h3-4,6-7,15H,5,8-12H2,1-2H3,(H2,18,22). The lowest BCUT2D eigenvalue weighted by Gasteiger charge is -2.32. The van der Waals surface area contributed by atoms with Gasteiger partial charge in [0.25, 0.3) is 0 Å². The molecule has 1 aromatic rings. The topological polar surface area (TPSA) is 66.6 Å². The summed E-state index contributed by atoms with van der Waals surface area (Å²) in [6.45, 7) is 4.37. The Bertz CT molecular complexity index is 544. The summed E-state index contributed by atoms with van der Waals surface area (Å²) in [5.41, 5.74) is 7.82. The number of benzene rings is 1. The SMILES string of the molecule is Cc1ccccc1CN(C)CC(=O)N1CCCC(C(N)=O)C1. The monoisotopic (exact) mass is 303 g/mol. The first kappa shape index (κ1) is 16.5. The van der Waals surface area contributed by atoms with Gasteiger partial charge in [0.2, 0.25) is 11.8 Å². The molecule has 2 N–H and O–H groups in total. The van der Waals surface area contributed by atoms with E-state index in [1.807, 2.05) is 24.1 Å². The lowest BCUT2D eigenvalue weighted by Crippen LogP contribution is -2.47. The highest BCUT2D eigenvalue weighted by atomic mass is 16.2. The zero-order chi connectivity index (χ0) is 16.1. The number of likely N-dealkylation sites (tertiary alicyclic amines) is 1. The van der Waals surface area contributed by atoms with Gasteiger partial charge < -0.3 is 10.6 Å². The quantitative estimate of drug-likeness (QED) is 0.887. The number of primary amides is 1. The van der Waals surface area contributed by atoms with Gasteiger partial charge in [-0.25, -0.2) is 0 Å². The first-order chi connectivity index (χ1) is 10.5. The summed E-state index contributed by atoms with van der Waals surface area (Å²) in [6.07, 6.45) is 1.64. The van der Waals surface area contributed by atoms with Gasteiger partial charge in [-0.1, -0.05) is 24.3 Å². The van der Waals surface area contributed by atoms with Crippen molar-refractivity contribution in [1.29, 1.82) is 0 Å². The fraction of sp³-hybridized carbons (Fsp3) is 0.529. The molecule has 0 aromatic heterocycles. The molecule has 1 fully saturated rings. The van der Waals surface area contributed by atoms with Crippen molar-refractivity contribution in [1.82, 2.24) is 9.80 Å². The van der Waals surface area contributed by atoms with Crippen molar-refractivity contribution in [3.63, 3.8) is 0 Å². The molecule has 0 radical (unpaired) electrons. The molecule has 5 heteroatoms. The number of carbonyl (C=O) groups is 2. The number of carbonyl (C=O) groups excluding carboxylic acids is 2. The Morgan fingerprint density at radius 3 is 2.77 bits per heavy atom. The van der Waals surface area contributed by atoms with E-state index in [0.717, 1.165) is 25.9 Å². The highest BCUT2D eigenvalue weighted by molar-refractivity contribution is 5.81. The minimum absolute atomic E-state index is 0.0713. The van der Waals surface area contributed by atoms with Crippen molar-refractivity contribution in [2.45, 2.75) is 26.3 Å². The van der Waals surface area contributed by atoms with Crippen LogP contribution in [0, 0.1) is 12.8 Å². The van der Waals surface area contributed by atoms with Crippen LogP contribution in [0.15, 0.2) is 24.3 Å². The maximum atomic E-state index is 12.4. The molecule has 0 bridgehead atoms. The van der Waals surface area contributed by atoms with Crippen LogP contribution in [-0.4, -0.2) is 48.3 Å². The molecule has 0 saturated carbocycles. The number of aryl methyl sites for hydroxylation is 1. The summed E-state index contributed by atoms with van der Waals surface area (Å²) >= 11 is 0. The highest BCUT2D eigenvalue weighted by Gasteiger charge is 2.27. The van der Waals surface area contributed by atoms with Gasteiger partial charge in [0, 0.05) is 19.6 Å². The largest absolute Gasteiger partial charge is 0.369 e. The average Bonchev–Trinajstić information content (AvgIpc) is 2.49. The number of amides is 2. The summed E-state index contributed by atoms with van der Waals surface area (Å²) in [5.74, 6) is -0.424. The maximum Gasteiger partial charge on any atom is 0.236 e. The van der Waals surface area contributed by atoms with E-state index in [4.69, 9.17) is 5.73 Å². The number of hydrogen-bond donors (Lipinski definition) is 1. The van der Waals surface area contributed by atoms with E-state index in [1.54, 1.807) is 4.90 Å². The molecule has 1 heterocycles. The van der Waals surface area contributed by atoms with Gasteiger partial charge in [-0.2, -0.15) is 0 Å². The fourth-order valence-electron chi connectivity index (χ4n) is 2.90. The third-order valence-corrected chi connectivity index (χ3v) is 4.28. The van der Waals surface area contributed by atoms with Gasteiger partial charge in [0.05, 0.1) is 12.5 Å². The molecule has 0 spiro atoms. The van der Waals surface area contributed by atoms with Crippen molar-refractivity contribution in [2.24, 2.45) is 11.7 Å². The van der Waals surface area contributed by atoms with Crippen LogP contribution in [0.25, 0.3) is 0 Å². The molecule has 2 rings (SSSR count). The minimum atomic E-state index is -0.300. The zero-order valence-corrected chi connectivity index (χ0v) is 13.4. The molecule has 22 heavy (non-hydrogen) atoms. The van der Waals surface area contributed by atoms with E-state index in [-0.39, 0.29) is 17.7 Å². The van der Waals surface area contributed by atoms with E-state index >= 15 is 0 Å². The van der Waals surface area contributed by atoms with Crippen LogP contribution in [0.3, 0.4) is 0 Å². The second kappa shape index (κ2) is 7.40. The molecule has 0 aliphatic carbocycles. The van der Waals surface area contributed by atoms with Gasteiger partial charge in [0.15, 0.2) is 0 Å². The normalized spacial score (nSPS) is 18.5. The number of nitrogens with two attached hydrogens (primary N) is 1. The molecule has 1 atom stereocenters. The van der Waals surface area contributed by atoms with Gasteiger partial charge in [-0.15, -0.1) is 0 Å². The first-order valence-corrected chi connectivity index (χ1v) is 7.77. The molecule has 5 nitrogen and oxygen atoms in total. The number of nitrogens with zero attached hydrogens (tertiary/aromatic N) is 2. The lowest BCUT2D eigenvalue weighted by atomic mass is 9.97. The zero-order valence-electron chi connectivity index (χ0n) is 13.4. The van der Waals surface area contributed by atoms with Crippen LogP contribution < -0.4 is 5.73 Å². The second-order valence-corrected chi connectivity index (χ2v) is 6.18. The number of rotatable bonds is 5. The van der Waals surface area contributed by atoms with E-state index < -0.39 is 0 Å². The Morgan fingerprint density at radius 2 is 2.09 bits per heavy atom. The van der Waals surface area contributed by atoms with Gasteiger partial charge in [-0.05, 0) is 37.9 Å². The van der Waals surface area contributed by atoms with Crippen LogP contribution in [0.1, 0.15) is 24.0 Å². The number of hydrogen-bond acceptors (Lipinski definition) is 3. The summed E-state index contributed by atoms with van der Waals surface area (Å²) < 4.78 is 0. The molecule has 120 valence electrons. The van der Waals surface area contributed by atoms with Crippen molar-refractivity contribution >= 4 is 11.8 Å². The second-order valence-electron chi connectivity index (χ2n) is 6.18. The van der Waals surface area contributed by atoms with Crippen LogP contribution in [0.4, 0.5) is 0 Å². The summed E-state index contributed by atoms with van der Waals surface area (Å²) in [4.78, 5) is 27.5. The fourth-order valence-corrected chi connectivity index (χ4v) is 2.90. The molecule has 1 saturated heterocycles. The van der Waals surface area contributed by atoms with Crippen LogP contribution in [-0.2, 0) is 16.1 Å². The van der Waals surface area contributed by atoms with Crippen LogP contribution in [0.5, 0.6) is 0 Å². The molecule has 1 aliphatic rings. The van der Waals surface area contributed by atoms with Crippen molar-refractivity contribution in [2.75, 3.05) is 26.7 Å². The average molecular weight is 303 g/mol. The Morgan fingerprint density at radius 1 is 1.36 bits per heavy atom. The van der Waals surface area contributed by atoms with Crippen LogP contribution >= 0.6 is 0 Å². The Kier molecular flexibility index (Phi) is 5.55.